The number of primary sulfonamides is 1. The number of rotatable bonds is 6. The summed E-state index contributed by atoms with van der Waals surface area (Å²) < 4.78 is 34.1. The van der Waals surface area contributed by atoms with Gasteiger partial charge >= 0.3 is 0 Å². The molecule has 1 saturated carbocycles. The molecule has 0 spiro atoms. The molecule has 7 nitrogen and oxygen atoms in total. The van der Waals surface area contributed by atoms with E-state index in [2.05, 4.69) is 4.98 Å². The van der Waals surface area contributed by atoms with Gasteiger partial charge < -0.3 is 9.47 Å². The van der Waals surface area contributed by atoms with Crippen molar-refractivity contribution in [3.05, 3.63) is 71.5 Å². The molecule has 8 heteroatoms. The zero-order valence-electron chi connectivity index (χ0n) is 17.5. The Morgan fingerprint density at radius 1 is 1.06 bits per heavy atom. The average molecular weight is 451 g/mol. The summed E-state index contributed by atoms with van der Waals surface area (Å²) in [6.45, 7) is 2.11. The summed E-state index contributed by atoms with van der Waals surface area (Å²) in [7, 11) is -3.79. The number of ether oxygens (including phenoxy) is 2. The van der Waals surface area contributed by atoms with Crippen molar-refractivity contribution < 1.29 is 22.7 Å². The van der Waals surface area contributed by atoms with E-state index in [1.165, 1.54) is 12.1 Å². The second kappa shape index (κ2) is 7.43. The van der Waals surface area contributed by atoms with Crippen LogP contribution in [0.2, 0.25) is 0 Å². The van der Waals surface area contributed by atoms with Crippen molar-refractivity contribution in [1.29, 1.82) is 0 Å². The quantitative estimate of drug-likeness (QED) is 0.617. The molecule has 2 aliphatic rings. The maximum absolute atomic E-state index is 13.3. The highest BCUT2D eigenvalue weighted by Crippen LogP contribution is 2.51. The molecule has 1 fully saturated rings. The molecule has 3 aromatic rings. The third-order valence-corrected chi connectivity index (χ3v) is 7.13. The minimum Gasteiger partial charge on any atom is -0.454 e. The lowest BCUT2D eigenvalue weighted by Gasteiger charge is -2.16. The summed E-state index contributed by atoms with van der Waals surface area (Å²) in [6, 6.07) is 14.1. The smallest absolute Gasteiger partial charge is 0.238 e. The first-order valence-corrected chi connectivity index (χ1v) is 11.8. The number of sulfonamides is 1. The van der Waals surface area contributed by atoms with Crippen LogP contribution in [0.25, 0.3) is 11.1 Å². The number of aromatic nitrogens is 1. The zero-order valence-corrected chi connectivity index (χ0v) is 18.3. The summed E-state index contributed by atoms with van der Waals surface area (Å²) in [5.74, 6) is 1.52. The standard InChI is InChI=1S/C24H22N2O5S/c1-15-9-17(16-3-2-4-19(10-16)32(25,28)29)13-26-20(15)12-23(27)24(7-8-24)18-5-6-21-22(11-18)31-14-30-21/h2-6,9-11,13H,7-8,12,14H2,1H3,(H2,25,28,29). The lowest BCUT2D eigenvalue weighted by Crippen LogP contribution is -2.23. The molecule has 0 bridgehead atoms. The van der Waals surface area contributed by atoms with Crippen LogP contribution in [0.5, 0.6) is 11.5 Å². The van der Waals surface area contributed by atoms with Crippen molar-refractivity contribution in [3.8, 4) is 22.6 Å². The van der Waals surface area contributed by atoms with Crippen molar-refractivity contribution in [2.75, 3.05) is 6.79 Å². The summed E-state index contributed by atoms with van der Waals surface area (Å²) >= 11 is 0. The Hall–Kier alpha value is -3.23. The van der Waals surface area contributed by atoms with Crippen LogP contribution >= 0.6 is 0 Å². The molecule has 2 heterocycles. The molecule has 5 rings (SSSR count). The van der Waals surface area contributed by atoms with Crippen LogP contribution in [0.1, 0.15) is 29.7 Å². The number of aryl methyl sites for hydroxylation is 1. The fourth-order valence-corrected chi connectivity index (χ4v) is 4.73. The molecule has 0 amide bonds. The van der Waals surface area contributed by atoms with Crippen molar-refractivity contribution in [3.63, 3.8) is 0 Å². The van der Waals surface area contributed by atoms with E-state index in [0.717, 1.165) is 29.5 Å². The van der Waals surface area contributed by atoms with E-state index in [1.807, 2.05) is 31.2 Å². The molecule has 32 heavy (non-hydrogen) atoms. The Morgan fingerprint density at radius 2 is 1.84 bits per heavy atom. The number of Topliss-reactive ketones (excluding diaryl/α,β-unsaturated/α-hetero) is 1. The molecule has 0 radical (unpaired) electrons. The van der Waals surface area contributed by atoms with Crippen LogP contribution in [-0.2, 0) is 26.7 Å². The summed E-state index contributed by atoms with van der Waals surface area (Å²) in [5, 5.41) is 5.24. The molecule has 0 unspecified atom stereocenters. The van der Waals surface area contributed by atoms with Gasteiger partial charge in [0.2, 0.25) is 16.8 Å². The molecule has 2 aromatic carbocycles. The molecule has 0 atom stereocenters. The first-order valence-electron chi connectivity index (χ1n) is 10.3. The number of nitrogens with two attached hydrogens (primary N) is 1. The second-order valence-electron chi connectivity index (χ2n) is 8.31. The number of carbonyl (C=O) groups excluding carboxylic acids is 1. The number of ketones is 1. The number of hydrogen-bond donors (Lipinski definition) is 1. The first kappa shape index (κ1) is 20.7. The summed E-state index contributed by atoms with van der Waals surface area (Å²) in [5.41, 5.74) is 3.52. The maximum atomic E-state index is 13.3. The van der Waals surface area contributed by atoms with E-state index in [-0.39, 0.29) is 23.9 Å². The van der Waals surface area contributed by atoms with Gasteiger partial charge in [-0.05, 0) is 66.8 Å². The lowest BCUT2D eigenvalue weighted by atomic mass is 9.88. The number of nitrogens with zero attached hydrogens (tertiary/aromatic N) is 1. The van der Waals surface area contributed by atoms with Gasteiger partial charge in [0.1, 0.15) is 5.78 Å². The molecule has 0 saturated heterocycles. The average Bonchev–Trinajstić information content (AvgIpc) is 3.45. The van der Waals surface area contributed by atoms with Crippen LogP contribution in [0, 0.1) is 6.92 Å². The summed E-state index contributed by atoms with van der Waals surface area (Å²) in [4.78, 5) is 17.8. The number of benzene rings is 2. The monoisotopic (exact) mass is 450 g/mol. The van der Waals surface area contributed by atoms with Gasteiger partial charge in [0.25, 0.3) is 0 Å². The van der Waals surface area contributed by atoms with Crippen LogP contribution in [0.15, 0.2) is 59.6 Å². The van der Waals surface area contributed by atoms with E-state index >= 15 is 0 Å². The van der Waals surface area contributed by atoms with Crippen LogP contribution in [0.4, 0.5) is 0 Å². The zero-order chi connectivity index (χ0) is 22.5. The summed E-state index contributed by atoms with van der Waals surface area (Å²) in [6.07, 6.45) is 3.52. The minimum absolute atomic E-state index is 0.0475. The van der Waals surface area contributed by atoms with Crippen LogP contribution < -0.4 is 14.6 Å². The number of pyridine rings is 1. The Labute approximate surface area is 186 Å². The van der Waals surface area contributed by atoms with E-state index < -0.39 is 15.4 Å². The van der Waals surface area contributed by atoms with Gasteiger partial charge in [-0.1, -0.05) is 18.2 Å². The Kier molecular flexibility index (Phi) is 4.79. The van der Waals surface area contributed by atoms with E-state index in [9.17, 15) is 13.2 Å². The highest BCUT2D eigenvalue weighted by molar-refractivity contribution is 7.89. The number of fused-ring (bicyclic) bond motifs is 1. The topological polar surface area (TPSA) is 109 Å². The highest BCUT2D eigenvalue weighted by atomic mass is 32.2. The Bertz CT molecular complexity index is 1350. The number of carbonyl (C=O) groups is 1. The molecule has 1 aliphatic heterocycles. The van der Waals surface area contributed by atoms with Crippen LogP contribution in [0.3, 0.4) is 0 Å². The predicted octanol–water partition coefficient (Wildman–Crippen LogP) is 3.28. The first-order chi connectivity index (χ1) is 15.3. The molecule has 2 N–H and O–H groups in total. The predicted molar refractivity (Wildman–Crippen MR) is 118 cm³/mol. The van der Waals surface area contributed by atoms with E-state index in [4.69, 9.17) is 14.6 Å². The van der Waals surface area contributed by atoms with Crippen molar-refractivity contribution >= 4 is 15.8 Å². The minimum atomic E-state index is -3.79. The van der Waals surface area contributed by atoms with E-state index in [1.54, 1.807) is 18.3 Å². The van der Waals surface area contributed by atoms with Gasteiger partial charge in [-0.3, -0.25) is 9.78 Å². The Balaban J connectivity index is 1.38. The maximum Gasteiger partial charge on any atom is 0.238 e. The lowest BCUT2D eigenvalue weighted by molar-refractivity contribution is -0.120. The third kappa shape index (κ3) is 3.65. The molecular formula is C24H22N2O5S. The largest absolute Gasteiger partial charge is 0.454 e. The van der Waals surface area contributed by atoms with Crippen LogP contribution in [-0.4, -0.2) is 26.0 Å². The number of hydrogen-bond acceptors (Lipinski definition) is 6. The normalized spacial score (nSPS) is 16.1. The highest BCUT2D eigenvalue weighted by Gasteiger charge is 2.51. The van der Waals surface area contributed by atoms with Gasteiger partial charge in [-0.2, -0.15) is 0 Å². The fraction of sp³-hybridized carbons (Fsp3) is 0.250. The molecule has 164 valence electrons. The molecule has 1 aliphatic carbocycles. The third-order valence-electron chi connectivity index (χ3n) is 6.22. The molecular weight excluding hydrogens is 428 g/mol. The fourth-order valence-electron chi connectivity index (χ4n) is 4.17. The van der Waals surface area contributed by atoms with Gasteiger partial charge in [0, 0.05) is 18.2 Å². The van der Waals surface area contributed by atoms with Gasteiger partial charge in [-0.15, -0.1) is 0 Å². The Morgan fingerprint density at radius 3 is 2.56 bits per heavy atom. The van der Waals surface area contributed by atoms with Crippen molar-refractivity contribution in [2.24, 2.45) is 5.14 Å². The van der Waals surface area contributed by atoms with E-state index in [0.29, 0.717) is 22.8 Å². The van der Waals surface area contributed by atoms with Crippen molar-refractivity contribution in [1.82, 2.24) is 4.98 Å². The van der Waals surface area contributed by atoms with Gasteiger partial charge in [-0.25, -0.2) is 13.6 Å². The SMILES string of the molecule is Cc1cc(-c2cccc(S(N)(=O)=O)c2)cnc1CC(=O)C1(c2ccc3c(c2)OCO3)CC1. The molecule has 1 aromatic heterocycles. The van der Waals surface area contributed by atoms with Gasteiger partial charge in [0.15, 0.2) is 11.5 Å². The van der Waals surface area contributed by atoms with Crippen molar-refractivity contribution in [2.45, 2.75) is 36.5 Å². The van der Waals surface area contributed by atoms with Gasteiger partial charge in [0.05, 0.1) is 16.0 Å². The second-order valence-corrected chi connectivity index (χ2v) is 9.87.